The van der Waals surface area contributed by atoms with Crippen molar-refractivity contribution in [1.29, 1.82) is 0 Å². The first-order valence-corrected chi connectivity index (χ1v) is 9.29. The summed E-state index contributed by atoms with van der Waals surface area (Å²) >= 11 is 0. The maximum atomic E-state index is 5.22. The molecule has 0 radical (unpaired) electrons. The lowest BCUT2D eigenvalue weighted by Gasteiger charge is -2.20. The quantitative estimate of drug-likeness (QED) is 0.634. The van der Waals surface area contributed by atoms with Crippen molar-refractivity contribution in [1.82, 2.24) is 9.97 Å². The van der Waals surface area contributed by atoms with Crippen LogP contribution in [0, 0.1) is 0 Å². The number of methoxy groups -OCH3 is 1. The van der Waals surface area contributed by atoms with E-state index < -0.39 is 0 Å². The van der Waals surface area contributed by atoms with Gasteiger partial charge < -0.3 is 15.0 Å². The van der Waals surface area contributed by atoms with Crippen LogP contribution in [0.5, 0.6) is 5.75 Å². The number of anilines is 2. The Hall–Kier alpha value is -3.08. The van der Waals surface area contributed by atoms with Crippen molar-refractivity contribution in [2.45, 2.75) is 20.4 Å². The normalized spacial score (nSPS) is 10.5. The fourth-order valence-corrected chi connectivity index (χ4v) is 2.87. The number of ether oxygens (including phenoxy) is 1. The molecule has 0 amide bonds. The molecule has 0 bridgehead atoms. The molecular weight excluding hydrogens is 336 g/mol. The zero-order chi connectivity index (χ0) is 19.1. The van der Waals surface area contributed by atoms with Crippen LogP contribution in [0.4, 0.5) is 11.8 Å². The number of benzene rings is 2. The summed E-state index contributed by atoms with van der Waals surface area (Å²) < 4.78 is 5.22. The third-order valence-electron chi connectivity index (χ3n) is 4.46. The van der Waals surface area contributed by atoms with Gasteiger partial charge in [0.05, 0.1) is 12.8 Å². The van der Waals surface area contributed by atoms with Gasteiger partial charge in [-0.3, -0.25) is 0 Å². The van der Waals surface area contributed by atoms with Gasteiger partial charge in [0.2, 0.25) is 5.95 Å². The number of aromatic nitrogens is 2. The minimum Gasteiger partial charge on any atom is -0.497 e. The van der Waals surface area contributed by atoms with Crippen LogP contribution >= 0.6 is 0 Å². The van der Waals surface area contributed by atoms with E-state index in [4.69, 9.17) is 14.7 Å². The lowest BCUT2D eigenvalue weighted by Crippen LogP contribution is -2.24. The zero-order valence-electron chi connectivity index (χ0n) is 16.1. The van der Waals surface area contributed by atoms with E-state index in [0.29, 0.717) is 6.54 Å². The molecule has 5 heteroatoms. The lowest BCUT2D eigenvalue weighted by molar-refractivity contribution is 0.414. The molecule has 0 aliphatic rings. The standard InChI is InChI=1S/C22H26N4O/c1-4-26(5-2)22-24-20(18-9-7-6-8-10-18)15-21(25-22)23-16-17-11-13-19(27-3)14-12-17/h6-15H,4-5,16H2,1-3H3,(H,23,24,25). The van der Waals surface area contributed by atoms with E-state index in [-0.39, 0.29) is 0 Å². The number of hydrogen-bond donors (Lipinski definition) is 1. The predicted octanol–water partition coefficient (Wildman–Crippen LogP) is 4.61. The van der Waals surface area contributed by atoms with Crippen molar-refractivity contribution >= 4 is 11.8 Å². The van der Waals surface area contributed by atoms with Crippen molar-refractivity contribution in [3.8, 4) is 17.0 Å². The maximum absolute atomic E-state index is 5.22. The van der Waals surface area contributed by atoms with Crippen molar-refractivity contribution in [2.24, 2.45) is 0 Å². The third kappa shape index (κ3) is 4.76. The number of nitrogens with one attached hydrogen (secondary N) is 1. The molecule has 1 N–H and O–H groups in total. The van der Waals surface area contributed by atoms with Gasteiger partial charge in [0, 0.05) is 31.3 Å². The molecule has 3 rings (SSSR count). The van der Waals surface area contributed by atoms with Crippen LogP contribution in [0.1, 0.15) is 19.4 Å². The molecule has 0 fully saturated rings. The van der Waals surface area contributed by atoms with E-state index >= 15 is 0 Å². The summed E-state index contributed by atoms with van der Waals surface area (Å²) in [6, 6.07) is 20.3. The fraction of sp³-hybridized carbons (Fsp3) is 0.273. The van der Waals surface area contributed by atoms with Gasteiger partial charge in [0.25, 0.3) is 0 Å². The Morgan fingerprint density at radius 3 is 2.26 bits per heavy atom. The molecule has 0 aliphatic heterocycles. The Morgan fingerprint density at radius 1 is 0.926 bits per heavy atom. The highest BCUT2D eigenvalue weighted by atomic mass is 16.5. The number of rotatable bonds is 8. The number of hydrogen-bond acceptors (Lipinski definition) is 5. The predicted molar refractivity (Wildman–Crippen MR) is 111 cm³/mol. The molecule has 0 spiro atoms. The molecule has 0 saturated heterocycles. The summed E-state index contributed by atoms with van der Waals surface area (Å²) in [6.07, 6.45) is 0. The van der Waals surface area contributed by atoms with Crippen LogP contribution in [0.15, 0.2) is 60.7 Å². The second kappa shape index (κ2) is 9.03. The van der Waals surface area contributed by atoms with Crippen LogP contribution in [-0.2, 0) is 6.54 Å². The first-order chi connectivity index (χ1) is 13.2. The fourth-order valence-electron chi connectivity index (χ4n) is 2.87. The van der Waals surface area contributed by atoms with Gasteiger partial charge in [0.1, 0.15) is 11.6 Å². The van der Waals surface area contributed by atoms with E-state index in [0.717, 1.165) is 41.9 Å². The topological polar surface area (TPSA) is 50.3 Å². The molecule has 2 aromatic carbocycles. The highest BCUT2D eigenvalue weighted by Gasteiger charge is 2.11. The molecule has 5 nitrogen and oxygen atoms in total. The van der Waals surface area contributed by atoms with Gasteiger partial charge in [0.15, 0.2) is 0 Å². The van der Waals surface area contributed by atoms with Gasteiger partial charge >= 0.3 is 0 Å². The molecule has 3 aromatic rings. The minimum atomic E-state index is 0.687. The summed E-state index contributed by atoms with van der Waals surface area (Å²) in [4.78, 5) is 11.7. The molecule has 140 valence electrons. The van der Waals surface area contributed by atoms with Crippen LogP contribution in [0.25, 0.3) is 11.3 Å². The largest absolute Gasteiger partial charge is 0.497 e. The molecule has 0 atom stereocenters. The Kier molecular flexibility index (Phi) is 6.26. The van der Waals surface area contributed by atoms with Gasteiger partial charge in [-0.25, -0.2) is 4.98 Å². The Morgan fingerprint density at radius 2 is 1.63 bits per heavy atom. The summed E-state index contributed by atoms with van der Waals surface area (Å²) in [5.41, 5.74) is 3.17. The van der Waals surface area contributed by atoms with Gasteiger partial charge in [-0.1, -0.05) is 42.5 Å². The smallest absolute Gasteiger partial charge is 0.227 e. The minimum absolute atomic E-state index is 0.687. The average molecular weight is 362 g/mol. The van der Waals surface area contributed by atoms with E-state index in [9.17, 15) is 0 Å². The van der Waals surface area contributed by atoms with Crippen LogP contribution in [0.2, 0.25) is 0 Å². The van der Waals surface area contributed by atoms with Crippen LogP contribution in [-0.4, -0.2) is 30.2 Å². The Labute approximate surface area is 161 Å². The van der Waals surface area contributed by atoms with Crippen molar-refractivity contribution < 1.29 is 4.74 Å². The van der Waals surface area contributed by atoms with Gasteiger partial charge in [-0.2, -0.15) is 4.98 Å². The number of nitrogens with zero attached hydrogens (tertiary/aromatic N) is 3. The van der Waals surface area contributed by atoms with Crippen molar-refractivity contribution in [3.63, 3.8) is 0 Å². The van der Waals surface area contributed by atoms with Gasteiger partial charge in [-0.15, -0.1) is 0 Å². The first kappa shape index (κ1) is 18.7. The molecular formula is C22H26N4O. The average Bonchev–Trinajstić information content (AvgIpc) is 2.74. The summed E-state index contributed by atoms with van der Waals surface area (Å²) in [5.74, 6) is 2.43. The highest BCUT2D eigenvalue weighted by molar-refractivity contribution is 5.64. The molecule has 0 aliphatic carbocycles. The second-order valence-corrected chi connectivity index (χ2v) is 6.18. The summed E-state index contributed by atoms with van der Waals surface area (Å²) in [6.45, 7) is 6.66. The monoisotopic (exact) mass is 362 g/mol. The van der Waals surface area contributed by atoms with E-state index in [2.05, 4.69) is 48.3 Å². The Balaban J connectivity index is 1.87. The van der Waals surface area contributed by atoms with E-state index in [1.54, 1.807) is 7.11 Å². The molecule has 0 saturated carbocycles. The van der Waals surface area contributed by atoms with E-state index in [1.165, 1.54) is 5.56 Å². The molecule has 1 aromatic heterocycles. The summed E-state index contributed by atoms with van der Waals surface area (Å²) in [5, 5.41) is 3.43. The summed E-state index contributed by atoms with van der Waals surface area (Å²) in [7, 11) is 1.67. The van der Waals surface area contributed by atoms with Crippen LogP contribution < -0.4 is 15.0 Å². The van der Waals surface area contributed by atoms with Crippen molar-refractivity contribution in [2.75, 3.05) is 30.4 Å². The second-order valence-electron chi connectivity index (χ2n) is 6.18. The maximum Gasteiger partial charge on any atom is 0.227 e. The Bertz CT molecular complexity index is 846. The van der Waals surface area contributed by atoms with Gasteiger partial charge in [-0.05, 0) is 31.5 Å². The first-order valence-electron chi connectivity index (χ1n) is 9.29. The molecule has 1 heterocycles. The molecule has 27 heavy (non-hydrogen) atoms. The third-order valence-corrected chi connectivity index (χ3v) is 4.46. The zero-order valence-corrected chi connectivity index (χ0v) is 16.1. The SMILES string of the molecule is CCN(CC)c1nc(NCc2ccc(OC)cc2)cc(-c2ccccc2)n1. The lowest BCUT2D eigenvalue weighted by atomic mass is 10.1. The van der Waals surface area contributed by atoms with E-state index in [1.807, 2.05) is 36.4 Å². The molecule has 0 unspecified atom stereocenters. The highest BCUT2D eigenvalue weighted by Crippen LogP contribution is 2.23. The van der Waals surface area contributed by atoms with Crippen molar-refractivity contribution in [3.05, 3.63) is 66.2 Å². The van der Waals surface area contributed by atoms with Crippen LogP contribution in [0.3, 0.4) is 0 Å².